The zero-order valence-corrected chi connectivity index (χ0v) is 17.7. The van der Waals surface area contributed by atoms with Crippen molar-refractivity contribution in [1.29, 1.82) is 0 Å². The lowest BCUT2D eigenvalue weighted by molar-refractivity contribution is 0.0601. The molecule has 0 radical (unpaired) electrons. The summed E-state index contributed by atoms with van der Waals surface area (Å²) in [6.45, 7) is 2.94. The fourth-order valence-electron chi connectivity index (χ4n) is 3.78. The first kappa shape index (κ1) is 20.1. The molecule has 154 valence electrons. The predicted octanol–water partition coefficient (Wildman–Crippen LogP) is 4.51. The van der Waals surface area contributed by atoms with E-state index in [2.05, 4.69) is 22.1 Å². The lowest BCUT2D eigenvalue weighted by Crippen LogP contribution is -2.30. The van der Waals surface area contributed by atoms with E-state index in [9.17, 15) is 4.79 Å². The maximum absolute atomic E-state index is 11.9. The summed E-state index contributed by atoms with van der Waals surface area (Å²) in [6.07, 6.45) is 2.74. The zero-order chi connectivity index (χ0) is 21.1. The summed E-state index contributed by atoms with van der Waals surface area (Å²) in [4.78, 5) is 18.6. The molecule has 3 heterocycles. The van der Waals surface area contributed by atoms with Crippen molar-refractivity contribution in [3.8, 4) is 11.3 Å². The number of thiocarbonyl (C=S) groups is 1. The van der Waals surface area contributed by atoms with Crippen LogP contribution in [0.15, 0.2) is 65.2 Å². The molecule has 0 spiro atoms. The molecular weight excluding hydrogens is 398 g/mol. The summed E-state index contributed by atoms with van der Waals surface area (Å²) in [6, 6.07) is 16.8. The van der Waals surface area contributed by atoms with Crippen LogP contribution in [0.3, 0.4) is 0 Å². The molecule has 1 fully saturated rings. The second-order valence-corrected chi connectivity index (χ2v) is 7.48. The fraction of sp³-hybridized carbons (Fsp3) is 0.261. The van der Waals surface area contributed by atoms with E-state index in [1.54, 1.807) is 18.3 Å². The molecule has 7 heteroatoms. The molecule has 1 saturated heterocycles. The molecule has 6 nitrogen and oxygen atoms in total. The van der Waals surface area contributed by atoms with Crippen LogP contribution in [-0.4, -0.2) is 34.6 Å². The number of pyridine rings is 1. The van der Waals surface area contributed by atoms with Gasteiger partial charge < -0.3 is 19.4 Å². The Balaban J connectivity index is 1.70. The van der Waals surface area contributed by atoms with Gasteiger partial charge in [-0.1, -0.05) is 25.1 Å². The van der Waals surface area contributed by atoms with Crippen molar-refractivity contribution in [2.24, 2.45) is 0 Å². The number of aromatic nitrogens is 1. The van der Waals surface area contributed by atoms with Crippen molar-refractivity contribution in [2.45, 2.75) is 25.4 Å². The van der Waals surface area contributed by atoms with Gasteiger partial charge in [-0.3, -0.25) is 4.98 Å². The molecule has 0 amide bonds. The molecule has 1 aliphatic heterocycles. The highest BCUT2D eigenvalue weighted by atomic mass is 32.1. The van der Waals surface area contributed by atoms with Crippen molar-refractivity contribution in [3.63, 3.8) is 0 Å². The number of esters is 1. The maximum atomic E-state index is 11.9. The molecule has 4 rings (SSSR count). The summed E-state index contributed by atoms with van der Waals surface area (Å²) in [7, 11) is 1.37. The number of rotatable bonds is 6. The van der Waals surface area contributed by atoms with Crippen LogP contribution in [0, 0.1) is 0 Å². The number of hydrogen-bond acceptors (Lipinski definition) is 5. The van der Waals surface area contributed by atoms with Crippen LogP contribution in [0.1, 0.15) is 47.2 Å². The minimum absolute atomic E-state index is 0.106. The quantitative estimate of drug-likeness (QED) is 0.464. The molecule has 3 aromatic rings. The van der Waals surface area contributed by atoms with Gasteiger partial charge in [0, 0.05) is 18.3 Å². The van der Waals surface area contributed by atoms with Crippen LogP contribution in [0.2, 0.25) is 0 Å². The molecular formula is C23H23N3O3S. The Bertz CT molecular complexity index is 1050. The number of nitrogens with one attached hydrogen (secondary N) is 1. The Hall–Kier alpha value is -3.19. The van der Waals surface area contributed by atoms with Gasteiger partial charge in [-0.2, -0.15) is 0 Å². The highest BCUT2D eigenvalue weighted by Gasteiger charge is 2.41. The van der Waals surface area contributed by atoms with E-state index in [-0.39, 0.29) is 18.1 Å². The average Bonchev–Trinajstić information content (AvgIpc) is 3.39. The van der Waals surface area contributed by atoms with Crippen molar-refractivity contribution in [2.75, 3.05) is 13.7 Å². The largest absolute Gasteiger partial charge is 0.465 e. The normalized spacial score (nSPS) is 18.3. The number of benzene rings is 1. The molecule has 0 unspecified atom stereocenters. The monoisotopic (exact) mass is 421 g/mol. The molecule has 0 saturated carbocycles. The third kappa shape index (κ3) is 3.80. The van der Waals surface area contributed by atoms with E-state index >= 15 is 0 Å². The SMILES string of the molecule is CCCN1C(=S)N[C@@H](c2ccccn2)[C@@H]1c1ccc(-c2cccc(C(=O)OC)c2)o1. The van der Waals surface area contributed by atoms with E-state index in [1.807, 2.05) is 42.5 Å². The molecule has 1 aromatic carbocycles. The van der Waals surface area contributed by atoms with Crippen LogP contribution in [0.5, 0.6) is 0 Å². The van der Waals surface area contributed by atoms with Gasteiger partial charge in [0.15, 0.2) is 5.11 Å². The van der Waals surface area contributed by atoms with E-state index in [1.165, 1.54) is 7.11 Å². The lowest BCUT2D eigenvalue weighted by Gasteiger charge is -2.25. The van der Waals surface area contributed by atoms with Crippen LogP contribution < -0.4 is 5.32 Å². The van der Waals surface area contributed by atoms with Gasteiger partial charge in [-0.05, 0) is 55.0 Å². The average molecular weight is 422 g/mol. The minimum Gasteiger partial charge on any atom is -0.465 e. The first-order valence-corrected chi connectivity index (χ1v) is 10.3. The van der Waals surface area contributed by atoms with Crippen molar-refractivity contribution in [1.82, 2.24) is 15.2 Å². The molecule has 0 bridgehead atoms. The lowest BCUT2D eigenvalue weighted by atomic mass is 10.0. The van der Waals surface area contributed by atoms with Crippen molar-refractivity contribution in [3.05, 3.63) is 77.8 Å². The summed E-state index contributed by atoms with van der Waals surface area (Å²) >= 11 is 5.61. The highest BCUT2D eigenvalue weighted by Crippen LogP contribution is 2.40. The first-order chi connectivity index (χ1) is 14.6. The second-order valence-electron chi connectivity index (χ2n) is 7.09. The van der Waals surface area contributed by atoms with Gasteiger partial charge in [-0.15, -0.1) is 0 Å². The highest BCUT2D eigenvalue weighted by molar-refractivity contribution is 7.80. The maximum Gasteiger partial charge on any atom is 0.337 e. The molecule has 2 atom stereocenters. The summed E-state index contributed by atoms with van der Waals surface area (Å²) in [5.74, 6) is 1.10. The van der Waals surface area contributed by atoms with Gasteiger partial charge in [0.25, 0.3) is 0 Å². The van der Waals surface area contributed by atoms with Crippen LogP contribution >= 0.6 is 12.2 Å². The van der Waals surface area contributed by atoms with E-state index < -0.39 is 0 Å². The Labute approximate surface area is 180 Å². The molecule has 1 aliphatic rings. The number of carbonyl (C=O) groups excluding carboxylic acids is 1. The number of ether oxygens (including phenoxy) is 1. The van der Waals surface area contributed by atoms with Crippen LogP contribution in [-0.2, 0) is 4.74 Å². The van der Waals surface area contributed by atoms with Crippen LogP contribution in [0.25, 0.3) is 11.3 Å². The topological polar surface area (TPSA) is 67.6 Å². The first-order valence-electron chi connectivity index (χ1n) is 9.89. The summed E-state index contributed by atoms with van der Waals surface area (Å²) < 4.78 is 11.1. The Morgan fingerprint density at radius 3 is 2.83 bits per heavy atom. The Morgan fingerprint density at radius 1 is 1.23 bits per heavy atom. The van der Waals surface area contributed by atoms with E-state index in [0.29, 0.717) is 16.4 Å². The number of hydrogen-bond donors (Lipinski definition) is 1. The van der Waals surface area contributed by atoms with Gasteiger partial charge in [0.2, 0.25) is 0 Å². The third-order valence-electron chi connectivity index (χ3n) is 5.15. The zero-order valence-electron chi connectivity index (χ0n) is 16.9. The van der Waals surface area contributed by atoms with Crippen molar-refractivity contribution >= 4 is 23.3 Å². The minimum atomic E-state index is -0.377. The van der Waals surface area contributed by atoms with Crippen LogP contribution in [0.4, 0.5) is 0 Å². The van der Waals surface area contributed by atoms with Crippen molar-refractivity contribution < 1.29 is 13.9 Å². The van der Waals surface area contributed by atoms with Gasteiger partial charge in [0.1, 0.15) is 17.6 Å². The smallest absolute Gasteiger partial charge is 0.337 e. The van der Waals surface area contributed by atoms with Gasteiger partial charge in [0.05, 0.1) is 24.4 Å². The molecule has 0 aliphatic carbocycles. The molecule has 1 N–H and O–H groups in total. The molecule has 2 aromatic heterocycles. The van der Waals surface area contributed by atoms with E-state index in [4.69, 9.17) is 21.4 Å². The fourth-order valence-corrected chi connectivity index (χ4v) is 4.11. The molecule has 30 heavy (non-hydrogen) atoms. The number of methoxy groups -OCH3 is 1. The summed E-state index contributed by atoms with van der Waals surface area (Å²) in [5, 5.41) is 4.11. The van der Waals surface area contributed by atoms with E-state index in [0.717, 1.165) is 30.0 Å². The third-order valence-corrected chi connectivity index (χ3v) is 5.50. The number of nitrogens with zero attached hydrogens (tertiary/aromatic N) is 2. The van der Waals surface area contributed by atoms with Gasteiger partial charge in [-0.25, -0.2) is 4.79 Å². The Kier molecular flexibility index (Phi) is 5.81. The standard InChI is InChI=1S/C23H23N3O3S/c1-3-13-26-21(20(25-23(26)30)17-9-4-5-12-24-17)19-11-10-18(29-19)15-7-6-8-16(14-15)22(27)28-2/h4-12,14,20-21H,3,13H2,1-2H3,(H,25,30)/t20-,21-/m0/s1. The predicted molar refractivity (Wildman–Crippen MR) is 118 cm³/mol. The number of carbonyl (C=O) groups is 1. The second kappa shape index (κ2) is 8.67. The van der Waals surface area contributed by atoms with Gasteiger partial charge >= 0.3 is 5.97 Å². The number of furan rings is 1. The summed E-state index contributed by atoms with van der Waals surface area (Å²) in [5.41, 5.74) is 2.21. The Morgan fingerprint density at radius 2 is 2.10 bits per heavy atom.